The lowest BCUT2D eigenvalue weighted by molar-refractivity contribution is -0.171. The van der Waals surface area contributed by atoms with Gasteiger partial charge in [-0.15, -0.1) is 0 Å². The number of rotatable bonds is 6. The van der Waals surface area contributed by atoms with Gasteiger partial charge in [-0.1, -0.05) is 6.58 Å². The monoisotopic (exact) mass is 408 g/mol. The molecule has 0 amide bonds. The fraction of sp³-hybridized carbons (Fsp3) is 0.632. The number of carbonyl (C=O) groups is 5. The predicted octanol–water partition coefficient (Wildman–Crippen LogP) is -0.379. The van der Waals surface area contributed by atoms with Crippen molar-refractivity contribution in [3.63, 3.8) is 0 Å². The van der Waals surface area contributed by atoms with Crippen LogP contribution in [0.4, 0.5) is 0 Å². The van der Waals surface area contributed by atoms with Crippen LogP contribution in [0.2, 0.25) is 0 Å². The maximum Gasteiger partial charge on any atom is 0.344 e. The van der Waals surface area contributed by atoms with Crippen LogP contribution in [0.5, 0.6) is 0 Å². The highest BCUT2D eigenvalue weighted by Gasteiger charge is 2.72. The molecular weight excluding hydrogens is 388 g/mol. The molecule has 4 rings (SSSR count). The maximum absolute atomic E-state index is 12.7. The molecule has 3 aliphatic heterocycles. The van der Waals surface area contributed by atoms with Gasteiger partial charge in [-0.2, -0.15) is 0 Å². The van der Waals surface area contributed by atoms with E-state index >= 15 is 0 Å². The number of hydrogen-bond donors (Lipinski definition) is 0. The quantitative estimate of drug-likeness (QED) is 0.325. The summed E-state index contributed by atoms with van der Waals surface area (Å²) in [6.07, 6.45) is -2.94. The van der Waals surface area contributed by atoms with Gasteiger partial charge in [0.25, 0.3) is 0 Å². The second kappa shape index (κ2) is 7.25. The molecule has 0 aromatic rings. The molecule has 10 nitrogen and oxygen atoms in total. The summed E-state index contributed by atoms with van der Waals surface area (Å²) in [6.45, 7) is 4.18. The summed E-state index contributed by atoms with van der Waals surface area (Å²) >= 11 is 0. The van der Waals surface area contributed by atoms with Crippen LogP contribution in [-0.2, 0) is 47.7 Å². The van der Waals surface area contributed by atoms with Gasteiger partial charge in [0, 0.05) is 12.0 Å². The first kappa shape index (κ1) is 19.6. The summed E-state index contributed by atoms with van der Waals surface area (Å²) in [5.74, 6) is -5.04. The fourth-order valence-electron chi connectivity index (χ4n) is 4.30. The van der Waals surface area contributed by atoms with Crippen molar-refractivity contribution in [2.75, 3.05) is 6.61 Å². The largest absolute Gasteiger partial charge is 0.455 e. The SMILES string of the molecule is C=C(C)C(=O)OCC(=O)OC1C2OC(=O)C3C2OC1C3C(=O)OC1CCCC1=O. The van der Waals surface area contributed by atoms with Crippen molar-refractivity contribution in [2.45, 2.75) is 56.7 Å². The van der Waals surface area contributed by atoms with E-state index in [-0.39, 0.29) is 11.4 Å². The van der Waals surface area contributed by atoms with E-state index in [1.807, 2.05) is 0 Å². The average Bonchev–Trinajstić information content (AvgIpc) is 3.38. The van der Waals surface area contributed by atoms with Crippen molar-refractivity contribution in [1.29, 1.82) is 0 Å². The molecule has 29 heavy (non-hydrogen) atoms. The Hall–Kier alpha value is -2.75. The molecule has 7 unspecified atom stereocenters. The molecule has 2 bridgehead atoms. The smallest absolute Gasteiger partial charge is 0.344 e. The second-order valence-electron chi connectivity index (χ2n) is 7.61. The lowest BCUT2D eigenvalue weighted by Crippen LogP contribution is -2.48. The molecule has 3 heterocycles. The highest BCUT2D eigenvalue weighted by molar-refractivity contribution is 5.91. The molecule has 0 radical (unpaired) electrons. The van der Waals surface area contributed by atoms with E-state index in [2.05, 4.69) is 6.58 Å². The molecule has 156 valence electrons. The summed E-state index contributed by atoms with van der Waals surface area (Å²) < 4.78 is 26.3. The zero-order valence-electron chi connectivity index (χ0n) is 15.7. The van der Waals surface area contributed by atoms with Gasteiger partial charge in [-0.25, -0.2) is 9.59 Å². The zero-order chi connectivity index (χ0) is 20.9. The van der Waals surface area contributed by atoms with Crippen molar-refractivity contribution in [1.82, 2.24) is 0 Å². The van der Waals surface area contributed by atoms with Crippen LogP contribution in [0, 0.1) is 11.8 Å². The van der Waals surface area contributed by atoms with Crippen molar-refractivity contribution in [2.24, 2.45) is 11.8 Å². The molecular formula is C19H20O10. The number of Topliss-reactive ketones (excluding diaryl/α,β-unsaturated/α-hetero) is 1. The Morgan fingerprint density at radius 1 is 1.14 bits per heavy atom. The number of ether oxygens (including phenoxy) is 5. The van der Waals surface area contributed by atoms with E-state index in [1.165, 1.54) is 6.92 Å². The summed E-state index contributed by atoms with van der Waals surface area (Å²) in [5, 5.41) is 0. The summed E-state index contributed by atoms with van der Waals surface area (Å²) in [6, 6.07) is 0. The van der Waals surface area contributed by atoms with Gasteiger partial charge in [0.1, 0.15) is 24.0 Å². The molecule has 0 N–H and O–H groups in total. The molecule has 3 saturated heterocycles. The second-order valence-corrected chi connectivity index (χ2v) is 7.61. The highest BCUT2D eigenvalue weighted by atomic mass is 16.7. The van der Waals surface area contributed by atoms with Crippen LogP contribution in [0.3, 0.4) is 0 Å². The van der Waals surface area contributed by atoms with Crippen LogP contribution in [0.1, 0.15) is 26.2 Å². The van der Waals surface area contributed by atoms with E-state index in [1.54, 1.807) is 0 Å². The molecule has 0 aromatic carbocycles. The normalized spacial score (nSPS) is 36.7. The highest BCUT2D eigenvalue weighted by Crippen LogP contribution is 2.51. The minimum atomic E-state index is -1.03. The lowest BCUT2D eigenvalue weighted by Gasteiger charge is -2.27. The summed E-state index contributed by atoms with van der Waals surface area (Å²) in [7, 11) is 0. The topological polar surface area (TPSA) is 132 Å². The molecule has 7 atom stereocenters. The first-order chi connectivity index (χ1) is 13.8. The maximum atomic E-state index is 12.7. The first-order valence-corrected chi connectivity index (χ1v) is 9.39. The molecule has 4 fully saturated rings. The Balaban J connectivity index is 1.43. The average molecular weight is 408 g/mol. The number of esters is 4. The third kappa shape index (κ3) is 3.31. The number of ketones is 1. The summed E-state index contributed by atoms with van der Waals surface area (Å²) in [4.78, 5) is 60.2. The van der Waals surface area contributed by atoms with Crippen LogP contribution < -0.4 is 0 Å². The Morgan fingerprint density at radius 3 is 2.55 bits per heavy atom. The molecule has 0 aromatic heterocycles. The third-order valence-electron chi connectivity index (χ3n) is 5.62. The van der Waals surface area contributed by atoms with Crippen LogP contribution in [0.15, 0.2) is 12.2 Å². The molecule has 10 heteroatoms. The van der Waals surface area contributed by atoms with Gasteiger partial charge in [0.05, 0.1) is 0 Å². The Bertz CT molecular complexity index is 801. The molecule has 4 aliphatic rings. The molecule has 1 saturated carbocycles. The van der Waals surface area contributed by atoms with Gasteiger partial charge in [0.15, 0.2) is 30.7 Å². The number of hydrogen-bond acceptors (Lipinski definition) is 10. The van der Waals surface area contributed by atoms with Crippen molar-refractivity contribution in [3.8, 4) is 0 Å². The van der Waals surface area contributed by atoms with E-state index in [0.29, 0.717) is 19.3 Å². The molecule has 0 spiro atoms. The number of fused-ring (bicyclic) bond motifs is 1. The van der Waals surface area contributed by atoms with Gasteiger partial charge >= 0.3 is 23.9 Å². The first-order valence-electron chi connectivity index (χ1n) is 9.39. The van der Waals surface area contributed by atoms with E-state index < -0.39 is 72.8 Å². The van der Waals surface area contributed by atoms with E-state index in [4.69, 9.17) is 23.7 Å². The zero-order valence-corrected chi connectivity index (χ0v) is 15.7. The van der Waals surface area contributed by atoms with Crippen molar-refractivity contribution >= 4 is 29.7 Å². The van der Waals surface area contributed by atoms with Gasteiger partial charge in [-0.3, -0.25) is 14.4 Å². The van der Waals surface area contributed by atoms with Crippen LogP contribution in [0.25, 0.3) is 0 Å². The van der Waals surface area contributed by atoms with E-state index in [0.717, 1.165) is 0 Å². The van der Waals surface area contributed by atoms with Gasteiger partial charge in [-0.05, 0) is 19.8 Å². The third-order valence-corrected chi connectivity index (χ3v) is 5.62. The standard InChI is InChI=1S/C19H20O10/c1-7(2)17(22)25-6-10(21)27-15-13-11(12-14(28-13)16(15)29-19(12)24)18(23)26-9-5-3-4-8(9)20/h9,11-16H,1,3-6H2,2H3. The van der Waals surface area contributed by atoms with Crippen molar-refractivity contribution < 1.29 is 47.7 Å². The molecule has 1 aliphatic carbocycles. The fourth-order valence-corrected chi connectivity index (χ4v) is 4.30. The van der Waals surface area contributed by atoms with Crippen molar-refractivity contribution in [3.05, 3.63) is 12.2 Å². The Kier molecular flexibility index (Phi) is 4.89. The Labute approximate surface area is 165 Å². The van der Waals surface area contributed by atoms with Crippen LogP contribution in [-0.4, -0.2) is 66.8 Å². The number of carbonyl (C=O) groups excluding carboxylic acids is 5. The van der Waals surface area contributed by atoms with E-state index in [9.17, 15) is 24.0 Å². The summed E-state index contributed by atoms with van der Waals surface area (Å²) in [5.41, 5.74) is 0.123. The van der Waals surface area contributed by atoms with Gasteiger partial charge < -0.3 is 23.7 Å². The lowest BCUT2D eigenvalue weighted by atomic mass is 9.78. The minimum Gasteiger partial charge on any atom is -0.455 e. The van der Waals surface area contributed by atoms with Gasteiger partial charge in [0.2, 0.25) is 0 Å². The Morgan fingerprint density at radius 2 is 1.90 bits per heavy atom. The minimum absolute atomic E-state index is 0.123. The van der Waals surface area contributed by atoms with Crippen LogP contribution >= 0.6 is 0 Å². The predicted molar refractivity (Wildman–Crippen MR) is 89.9 cm³/mol.